The Bertz CT molecular complexity index is 783. The molecule has 28 heavy (non-hydrogen) atoms. The van der Waals surface area contributed by atoms with E-state index < -0.39 is 0 Å². The molecular weight excluding hydrogens is 348 g/mol. The van der Waals surface area contributed by atoms with Gasteiger partial charge in [0, 0.05) is 23.6 Å². The molecular formula is C24H32N2O2. The van der Waals surface area contributed by atoms with Crippen molar-refractivity contribution in [2.75, 3.05) is 13.1 Å². The largest absolute Gasteiger partial charge is 0.507 e. The normalized spacial score (nSPS) is 11.7. The summed E-state index contributed by atoms with van der Waals surface area (Å²) in [6.07, 6.45) is 7.57. The molecule has 4 nitrogen and oxygen atoms in total. The SMILES string of the molecule is CCCc1cc(C)c(O)c(C=NCCN=Cc2cc(CCC)cc(C)c2O)c1. The first-order valence-electron chi connectivity index (χ1n) is 10.1. The Hall–Kier alpha value is -2.62. The van der Waals surface area contributed by atoms with Crippen LogP contribution in [0.1, 0.15) is 60.1 Å². The van der Waals surface area contributed by atoms with Gasteiger partial charge in [-0.05, 0) is 61.1 Å². The second kappa shape index (κ2) is 10.6. The van der Waals surface area contributed by atoms with Crippen LogP contribution in [0.15, 0.2) is 34.3 Å². The van der Waals surface area contributed by atoms with Gasteiger partial charge in [-0.25, -0.2) is 0 Å². The maximum Gasteiger partial charge on any atom is 0.127 e. The lowest BCUT2D eigenvalue weighted by Crippen LogP contribution is -1.95. The van der Waals surface area contributed by atoms with Gasteiger partial charge >= 0.3 is 0 Å². The summed E-state index contributed by atoms with van der Waals surface area (Å²) in [5.74, 6) is 0.584. The number of rotatable bonds is 9. The van der Waals surface area contributed by atoms with Crippen molar-refractivity contribution in [3.63, 3.8) is 0 Å². The van der Waals surface area contributed by atoms with Gasteiger partial charge in [0.2, 0.25) is 0 Å². The van der Waals surface area contributed by atoms with Gasteiger partial charge in [0.15, 0.2) is 0 Å². The fraction of sp³-hybridized carbons (Fsp3) is 0.417. The Morgan fingerprint density at radius 1 is 0.714 bits per heavy atom. The van der Waals surface area contributed by atoms with Gasteiger partial charge in [-0.1, -0.05) is 38.8 Å². The zero-order chi connectivity index (χ0) is 20.5. The molecule has 0 radical (unpaired) electrons. The maximum absolute atomic E-state index is 10.2. The third-order valence-electron chi connectivity index (χ3n) is 4.68. The Morgan fingerprint density at radius 2 is 1.11 bits per heavy atom. The topological polar surface area (TPSA) is 65.2 Å². The minimum absolute atomic E-state index is 0.292. The first kappa shape index (κ1) is 21.7. The van der Waals surface area contributed by atoms with Crippen LogP contribution in [0.25, 0.3) is 0 Å². The molecule has 0 aromatic heterocycles. The highest BCUT2D eigenvalue weighted by Gasteiger charge is 2.06. The summed E-state index contributed by atoms with van der Waals surface area (Å²) in [4.78, 5) is 8.80. The van der Waals surface area contributed by atoms with Crippen LogP contribution >= 0.6 is 0 Å². The quantitative estimate of drug-likeness (QED) is 0.466. The van der Waals surface area contributed by atoms with E-state index in [4.69, 9.17) is 0 Å². The van der Waals surface area contributed by atoms with Gasteiger partial charge in [0.1, 0.15) is 11.5 Å². The summed E-state index contributed by atoms with van der Waals surface area (Å²) in [6, 6.07) is 8.06. The number of benzene rings is 2. The highest BCUT2D eigenvalue weighted by molar-refractivity contribution is 5.85. The lowest BCUT2D eigenvalue weighted by molar-refractivity contribution is 0.469. The summed E-state index contributed by atoms with van der Waals surface area (Å²) in [5.41, 5.74) is 5.71. The Morgan fingerprint density at radius 3 is 1.46 bits per heavy atom. The molecule has 0 unspecified atom stereocenters. The molecule has 2 N–H and O–H groups in total. The van der Waals surface area contributed by atoms with Crippen LogP contribution in [0.5, 0.6) is 11.5 Å². The average Bonchev–Trinajstić information content (AvgIpc) is 2.65. The van der Waals surface area contributed by atoms with Crippen molar-refractivity contribution in [1.29, 1.82) is 0 Å². The number of phenols is 2. The second-order valence-corrected chi connectivity index (χ2v) is 7.27. The zero-order valence-electron chi connectivity index (χ0n) is 17.5. The molecule has 4 heteroatoms. The van der Waals surface area contributed by atoms with E-state index in [1.165, 1.54) is 11.1 Å². The van der Waals surface area contributed by atoms with Crippen molar-refractivity contribution in [2.45, 2.75) is 53.4 Å². The number of hydrogen-bond donors (Lipinski definition) is 2. The third kappa shape index (κ3) is 5.95. The molecule has 0 aliphatic rings. The van der Waals surface area contributed by atoms with Gasteiger partial charge in [-0.2, -0.15) is 0 Å². The van der Waals surface area contributed by atoms with Gasteiger partial charge in [-0.15, -0.1) is 0 Å². The minimum Gasteiger partial charge on any atom is -0.507 e. The van der Waals surface area contributed by atoms with Crippen molar-refractivity contribution in [3.8, 4) is 11.5 Å². The van der Waals surface area contributed by atoms with Crippen LogP contribution in [-0.2, 0) is 12.8 Å². The number of nitrogens with zero attached hydrogens (tertiary/aromatic N) is 2. The first-order chi connectivity index (χ1) is 13.5. The summed E-state index contributed by atoms with van der Waals surface area (Å²) in [5, 5.41) is 20.4. The van der Waals surface area contributed by atoms with E-state index in [0.717, 1.165) is 47.9 Å². The molecule has 0 saturated carbocycles. The van der Waals surface area contributed by atoms with Crippen LogP contribution in [0.4, 0.5) is 0 Å². The van der Waals surface area contributed by atoms with Gasteiger partial charge in [0.05, 0.1) is 13.1 Å². The van der Waals surface area contributed by atoms with E-state index in [1.807, 2.05) is 38.1 Å². The van der Waals surface area contributed by atoms with Crippen LogP contribution < -0.4 is 0 Å². The molecule has 150 valence electrons. The van der Waals surface area contributed by atoms with Crippen molar-refractivity contribution < 1.29 is 10.2 Å². The molecule has 0 amide bonds. The summed E-state index contributed by atoms with van der Waals surface area (Å²) in [6.45, 7) is 9.17. The molecule has 2 aromatic carbocycles. The summed E-state index contributed by atoms with van der Waals surface area (Å²) < 4.78 is 0. The van der Waals surface area contributed by atoms with Gasteiger partial charge < -0.3 is 10.2 Å². The highest BCUT2D eigenvalue weighted by Crippen LogP contribution is 2.24. The molecule has 2 rings (SSSR count). The van der Waals surface area contributed by atoms with Crippen molar-refractivity contribution in [2.24, 2.45) is 9.98 Å². The van der Waals surface area contributed by atoms with E-state index >= 15 is 0 Å². The summed E-state index contributed by atoms with van der Waals surface area (Å²) >= 11 is 0. The van der Waals surface area contributed by atoms with Gasteiger partial charge in [0.25, 0.3) is 0 Å². The minimum atomic E-state index is 0.292. The number of phenolic OH excluding ortho intramolecular Hbond substituents is 2. The molecule has 0 saturated heterocycles. The van der Waals surface area contributed by atoms with Crippen molar-refractivity contribution >= 4 is 12.4 Å². The third-order valence-corrected chi connectivity index (χ3v) is 4.68. The number of hydrogen-bond acceptors (Lipinski definition) is 4. The Labute approximate surface area is 168 Å². The maximum atomic E-state index is 10.2. The van der Waals surface area contributed by atoms with Crippen LogP contribution in [0, 0.1) is 13.8 Å². The van der Waals surface area contributed by atoms with Crippen LogP contribution in [-0.4, -0.2) is 35.7 Å². The lowest BCUT2D eigenvalue weighted by Gasteiger charge is -2.07. The zero-order valence-corrected chi connectivity index (χ0v) is 17.5. The van der Waals surface area contributed by atoms with Crippen LogP contribution in [0.3, 0.4) is 0 Å². The monoisotopic (exact) mass is 380 g/mol. The van der Waals surface area contributed by atoms with Crippen molar-refractivity contribution in [1.82, 2.24) is 0 Å². The molecule has 0 heterocycles. The van der Waals surface area contributed by atoms with Gasteiger partial charge in [-0.3, -0.25) is 9.98 Å². The predicted molar refractivity (Wildman–Crippen MR) is 119 cm³/mol. The highest BCUT2D eigenvalue weighted by atomic mass is 16.3. The molecule has 0 fully saturated rings. The average molecular weight is 381 g/mol. The van der Waals surface area contributed by atoms with E-state index in [0.29, 0.717) is 24.6 Å². The molecule has 0 spiro atoms. The standard InChI is InChI=1S/C24H32N2O2/c1-5-7-19-11-17(3)23(27)21(13-19)15-25-9-10-26-16-22-14-20(8-6-2)12-18(4)24(22)28/h11-16,27-28H,5-10H2,1-4H3. The van der Waals surface area contributed by atoms with E-state index in [1.54, 1.807) is 12.4 Å². The number of aromatic hydroxyl groups is 2. The Balaban J connectivity index is 1.99. The van der Waals surface area contributed by atoms with Crippen LogP contribution in [0.2, 0.25) is 0 Å². The van der Waals surface area contributed by atoms with E-state index in [9.17, 15) is 10.2 Å². The van der Waals surface area contributed by atoms with E-state index in [2.05, 4.69) is 23.8 Å². The fourth-order valence-corrected chi connectivity index (χ4v) is 3.27. The van der Waals surface area contributed by atoms with Crippen molar-refractivity contribution in [3.05, 3.63) is 57.6 Å². The second-order valence-electron chi connectivity index (χ2n) is 7.27. The summed E-state index contributed by atoms with van der Waals surface area (Å²) in [7, 11) is 0. The predicted octanol–water partition coefficient (Wildman–Crippen LogP) is 5.16. The number of aryl methyl sites for hydroxylation is 4. The van der Waals surface area contributed by atoms with E-state index in [-0.39, 0.29) is 0 Å². The smallest absolute Gasteiger partial charge is 0.127 e. The molecule has 2 aromatic rings. The molecule has 0 aliphatic carbocycles. The first-order valence-corrected chi connectivity index (χ1v) is 10.1. The number of aliphatic imine (C=N–C) groups is 2. The molecule has 0 atom stereocenters. The fourth-order valence-electron chi connectivity index (χ4n) is 3.27. The lowest BCUT2D eigenvalue weighted by atomic mass is 10.0. The Kier molecular flexibility index (Phi) is 8.24. The molecule has 0 bridgehead atoms. The molecule has 0 aliphatic heterocycles.